The topological polar surface area (TPSA) is 30.2 Å². The Morgan fingerprint density at radius 2 is 1.89 bits per heavy atom. The third-order valence-corrected chi connectivity index (χ3v) is 3.71. The quantitative estimate of drug-likeness (QED) is 0.749. The monoisotopic (exact) mass is 240 g/mol. The molecule has 0 atom stereocenters. The molecule has 92 valence electrons. The van der Waals surface area contributed by atoms with Gasteiger partial charge < -0.3 is 4.42 Å². The molecule has 1 aliphatic carbocycles. The van der Waals surface area contributed by atoms with E-state index in [-0.39, 0.29) is 5.78 Å². The molecule has 2 aromatic rings. The summed E-state index contributed by atoms with van der Waals surface area (Å²) in [7, 11) is 0. The van der Waals surface area contributed by atoms with Crippen LogP contribution in [0.3, 0.4) is 0 Å². The number of hydrogen-bond acceptors (Lipinski definition) is 2. The zero-order valence-corrected chi connectivity index (χ0v) is 10.5. The average molecular weight is 240 g/mol. The van der Waals surface area contributed by atoms with Gasteiger partial charge in [0.15, 0.2) is 5.78 Å². The summed E-state index contributed by atoms with van der Waals surface area (Å²) in [4.78, 5) is 12.4. The number of aryl methyl sites for hydroxylation is 3. The van der Waals surface area contributed by atoms with Gasteiger partial charge in [-0.25, -0.2) is 0 Å². The molecule has 0 radical (unpaired) electrons. The van der Waals surface area contributed by atoms with Crippen LogP contribution in [0.2, 0.25) is 0 Å². The molecule has 0 aliphatic heterocycles. The molecule has 0 spiro atoms. The largest absolute Gasteiger partial charge is 0.469 e. The number of hydrogen-bond donors (Lipinski definition) is 0. The zero-order valence-electron chi connectivity index (χ0n) is 10.5. The third kappa shape index (κ3) is 1.88. The number of furan rings is 1. The van der Waals surface area contributed by atoms with Crippen LogP contribution in [-0.4, -0.2) is 5.78 Å². The number of fused-ring (bicyclic) bond motifs is 1. The highest BCUT2D eigenvalue weighted by molar-refractivity contribution is 6.09. The van der Waals surface area contributed by atoms with Gasteiger partial charge in [0, 0.05) is 5.56 Å². The number of ketones is 1. The molecule has 0 saturated carbocycles. The summed E-state index contributed by atoms with van der Waals surface area (Å²) in [6.07, 6.45) is 6.31. The second-order valence-corrected chi connectivity index (χ2v) is 4.91. The molecule has 0 N–H and O–H groups in total. The van der Waals surface area contributed by atoms with Gasteiger partial charge in [-0.05, 0) is 55.9 Å². The first-order chi connectivity index (χ1) is 8.75. The first-order valence-corrected chi connectivity index (χ1v) is 6.46. The van der Waals surface area contributed by atoms with Gasteiger partial charge in [0.1, 0.15) is 5.76 Å². The molecule has 1 aromatic heterocycles. The van der Waals surface area contributed by atoms with E-state index in [2.05, 4.69) is 12.1 Å². The van der Waals surface area contributed by atoms with Gasteiger partial charge >= 0.3 is 0 Å². The first-order valence-electron chi connectivity index (χ1n) is 6.46. The minimum absolute atomic E-state index is 0.0645. The van der Waals surface area contributed by atoms with Gasteiger partial charge in [0.25, 0.3) is 0 Å². The third-order valence-electron chi connectivity index (χ3n) is 3.71. The molecule has 3 rings (SSSR count). The molecule has 18 heavy (non-hydrogen) atoms. The number of carbonyl (C=O) groups excluding carboxylic acids is 1. The molecule has 0 unspecified atom stereocenters. The summed E-state index contributed by atoms with van der Waals surface area (Å²) in [5.74, 6) is 0.757. The lowest BCUT2D eigenvalue weighted by molar-refractivity contribution is 0.103. The van der Waals surface area contributed by atoms with Crippen molar-refractivity contribution in [2.24, 2.45) is 0 Å². The summed E-state index contributed by atoms with van der Waals surface area (Å²) in [5, 5.41) is 0. The molecule has 1 heterocycles. The highest BCUT2D eigenvalue weighted by Gasteiger charge is 2.16. The summed E-state index contributed by atoms with van der Waals surface area (Å²) >= 11 is 0. The van der Waals surface area contributed by atoms with E-state index in [4.69, 9.17) is 4.42 Å². The van der Waals surface area contributed by atoms with Crippen LogP contribution in [0.1, 0.15) is 45.7 Å². The number of carbonyl (C=O) groups is 1. The Kier molecular flexibility index (Phi) is 2.78. The second kappa shape index (κ2) is 4.45. The smallest absolute Gasteiger partial charge is 0.196 e. The molecule has 2 nitrogen and oxygen atoms in total. The van der Waals surface area contributed by atoms with E-state index >= 15 is 0 Å². The van der Waals surface area contributed by atoms with Crippen molar-refractivity contribution in [2.45, 2.75) is 32.6 Å². The van der Waals surface area contributed by atoms with Crippen molar-refractivity contribution in [1.82, 2.24) is 0 Å². The Morgan fingerprint density at radius 1 is 1.11 bits per heavy atom. The second-order valence-electron chi connectivity index (χ2n) is 4.91. The highest BCUT2D eigenvalue weighted by atomic mass is 16.3. The lowest BCUT2D eigenvalue weighted by Gasteiger charge is -2.16. The molecule has 0 bridgehead atoms. The fraction of sp³-hybridized carbons (Fsp3) is 0.312. The maximum Gasteiger partial charge on any atom is 0.196 e. The van der Waals surface area contributed by atoms with Crippen LogP contribution in [0, 0.1) is 6.92 Å². The molecule has 1 aliphatic rings. The Balaban J connectivity index is 1.98. The van der Waals surface area contributed by atoms with E-state index in [0.29, 0.717) is 11.3 Å². The van der Waals surface area contributed by atoms with Gasteiger partial charge in [-0.15, -0.1) is 0 Å². The van der Waals surface area contributed by atoms with E-state index in [1.807, 2.05) is 13.0 Å². The van der Waals surface area contributed by atoms with Crippen LogP contribution < -0.4 is 0 Å². The van der Waals surface area contributed by atoms with Crippen LogP contribution >= 0.6 is 0 Å². The van der Waals surface area contributed by atoms with E-state index in [1.165, 1.54) is 24.0 Å². The van der Waals surface area contributed by atoms with Crippen molar-refractivity contribution in [1.29, 1.82) is 0 Å². The minimum Gasteiger partial charge on any atom is -0.469 e. The van der Waals surface area contributed by atoms with Gasteiger partial charge in [-0.1, -0.05) is 12.1 Å². The van der Waals surface area contributed by atoms with Crippen molar-refractivity contribution in [3.63, 3.8) is 0 Å². The maximum absolute atomic E-state index is 12.4. The van der Waals surface area contributed by atoms with Crippen LogP contribution in [0.5, 0.6) is 0 Å². The van der Waals surface area contributed by atoms with Crippen molar-refractivity contribution < 1.29 is 9.21 Å². The maximum atomic E-state index is 12.4. The Bertz CT molecular complexity index is 593. The molecule has 1 aromatic carbocycles. The Labute approximate surface area is 107 Å². The van der Waals surface area contributed by atoms with E-state index < -0.39 is 0 Å². The molecule has 0 saturated heterocycles. The zero-order chi connectivity index (χ0) is 12.5. The summed E-state index contributed by atoms with van der Waals surface area (Å²) in [6, 6.07) is 7.86. The number of benzene rings is 1. The van der Waals surface area contributed by atoms with Gasteiger partial charge in [0.05, 0.1) is 11.8 Å². The van der Waals surface area contributed by atoms with Crippen LogP contribution in [-0.2, 0) is 12.8 Å². The number of rotatable bonds is 2. The van der Waals surface area contributed by atoms with Crippen LogP contribution in [0.4, 0.5) is 0 Å². The molecule has 0 fully saturated rings. The van der Waals surface area contributed by atoms with Crippen molar-refractivity contribution >= 4 is 5.78 Å². The minimum atomic E-state index is 0.0645. The lowest BCUT2D eigenvalue weighted by Crippen LogP contribution is -2.07. The van der Waals surface area contributed by atoms with Crippen molar-refractivity contribution in [3.05, 3.63) is 58.5 Å². The van der Waals surface area contributed by atoms with Gasteiger partial charge in [-0.2, -0.15) is 0 Å². The normalized spacial score (nSPS) is 14.3. The lowest BCUT2D eigenvalue weighted by atomic mass is 9.89. The first kappa shape index (κ1) is 11.3. The van der Waals surface area contributed by atoms with E-state index in [9.17, 15) is 4.79 Å². The fourth-order valence-electron chi connectivity index (χ4n) is 2.65. The van der Waals surface area contributed by atoms with Gasteiger partial charge in [0.2, 0.25) is 0 Å². The van der Waals surface area contributed by atoms with E-state index in [0.717, 1.165) is 18.4 Å². The van der Waals surface area contributed by atoms with Crippen LogP contribution in [0.25, 0.3) is 0 Å². The fourth-order valence-corrected chi connectivity index (χ4v) is 2.65. The molecular weight excluding hydrogens is 224 g/mol. The predicted molar refractivity (Wildman–Crippen MR) is 70.0 cm³/mol. The Morgan fingerprint density at radius 3 is 2.61 bits per heavy atom. The van der Waals surface area contributed by atoms with Crippen molar-refractivity contribution in [2.75, 3.05) is 0 Å². The van der Waals surface area contributed by atoms with E-state index in [1.54, 1.807) is 12.3 Å². The highest BCUT2D eigenvalue weighted by Crippen LogP contribution is 2.24. The molecular formula is C16H16O2. The van der Waals surface area contributed by atoms with Crippen molar-refractivity contribution in [3.8, 4) is 0 Å². The molecule has 2 heteroatoms. The Hall–Kier alpha value is -1.83. The standard InChI is InChI=1S/C16H16O2/c1-11-15(8-9-18-11)16(17)14-7-6-12-4-2-3-5-13(12)10-14/h6-10H,2-5H2,1H3. The predicted octanol–water partition coefficient (Wildman–Crippen LogP) is 3.70. The molecule has 0 amide bonds. The summed E-state index contributed by atoms with van der Waals surface area (Å²) < 4.78 is 5.20. The summed E-state index contributed by atoms with van der Waals surface area (Å²) in [5.41, 5.74) is 4.20. The SMILES string of the molecule is Cc1occc1C(=O)c1ccc2c(c1)CCCC2. The van der Waals surface area contributed by atoms with Gasteiger partial charge in [-0.3, -0.25) is 4.79 Å². The summed E-state index contributed by atoms with van der Waals surface area (Å²) in [6.45, 7) is 1.83. The average Bonchev–Trinajstić information content (AvgIpc) is 2.83. The van der Waals surface area contributed by atoms with Crippen LogP contribution in [0.15, 0.2) is 34.9 Å².